The third kappa shape index (κ3) is 4.44. The highest BCUT2D eigenvalue weighted by Crippen LogP contribution is 1.99. The Morgan fingerprint density at radius 2 is 2.33 bits per heavy atom. The first kappa shape index (κ1) is 12.2. The van der Waals surface area contributed by atoms with Gasteiger partial charge in [-0.2, -0.15) is 5.10 Å². The van der Waals surface area contributed by atoms with Crippen LogP contribution in [0.2, 0.25) is 0 Å². The van der Waals surface area contributed by atoms with Crippen LogP contribution in [0.15, 0.2) is 12.3 Å². The van der Waals surface area contributed by atoms with Crippen molar-refractivity contribution in [1.82, 2.24) is 15.1 Å². The van der Waals surface area contributed by atoms with Gasteiger partial charge in [-0.3, -0.25) is 4.68 Å². The topological polar surface area (TPSA) is 39.1 Å². The smallest absolute Gasteiger partial charge is 0.0658 e. The second-order valence-electron chi connectivity index (χ2n) is 4.06. The number of rotatable bonds is 7. The van der Waals surface area contributed by atoms with Crippen molar-refractivity contribution in [2.24, 2.45) is 5.92 Å². The van der Waals surface area contributed by atoms with Crippen LogP contribution in [0.4, 0.5) is 0 Å². The fourth-order valence-corrected chi connectivity index (χ4v) is 1.38. The number of ether oxygens (including phenoxy) is 1. The van der Waals surface area contributed by atoms with E-state index >= 15 is 0 Å². The molecule has 4 nitrogen and oxygen atoms in total. The quantitative estimate of drug-likeness (QED) is 0.738. The first-order chi connectivity index (χ1) is 7.24. The van der Waals surface area contributed by atoms with Gasteiger partial charge in [0, 0.05) is 19.9 Å². The number of hydrogen-bond donors (Lipinski definition) is 1. The molecule has 0 unspecified atom stereocenters. The molecule has 1 heterocycles. The van der Waals surface area contributed by atoms with Crippen LogP contribution < -0.4 is 5.32 Å². The summed E-state index contributed by atoms with van der Waals surface area (Å²) in [6.45, 7) is 7.85. The second-order valence-corrected chi connectivity index (χ2v) is 4.06. The Morgan fingerprint density at radius 3 is 3.00 bits per heavy atom. The minimum Gasteiger partial charge on any atom is -0.383 e. The molecule has 1 N–H and O–H groups in total. The zero-order valence-corrected chi connectivity index (χ0v) is 9.86. The monoisotopic (exact) mass is 211 g/mol. The van der Waals surface area contributed by atoms with Gasteiger partial charge in [0.15, 0.2) is 0 Å². The van der Waals surface area contributed by atoms with E-state index in [4.69, 9.17) is 4.74 Å². The van der Waals surface area contributed by atoms with Gasteiger partial charge in [-0.25, -0.2) is 0 Å². The van der Waals surface area contributed by atoms with Crippen LogP contribution in [0.25, 0.3) is 0 Å². The number of methoxy groups -OCH3 is 1. The fourth-order valence-electron chi connectivity index (χ4n) is 1.38. The van der Waals surface area contributed by atoms with Crippen LogP contribution in [-0.4, -0.2) is 30.0 Å². The first-order valence-corrected chi connectivity index (χ1v) is 5.44. The van der Waals surface area contributed by atoms with E-state index in [-0.39, 0.29) is 0 Å². The van der Waals surface area contributed by atoms with Crippen molar-refractivity contribution in [1.29, 1.82) is 0 Å². The highest BCUT2D eigenvalue weighted by molar-refractivity contribution is 4.99. The SMILES string of the molecule is COCCn1nccc1CNCC(C)C. The average molecular weight is 211 g/mol. The third-order valence-corrected chi connectivity index (χ3v) is 2.17. The molecular weight excluding hydrogens is 190 g/mol. The van der Waals surface area contributed by atoms with Crippen molar-refractivity contribution in [3.05, 3.63) is 18.0 Å². The maximum absolute atomic E-state index is 5.03. The van der Waals surface area contributed by atoms with E-state index in [1.165, 1.54) is 5.69 Å². The largest absolute Gasteiger partial charge is 0.383 e. The minimum atomic E-state index is 0.681. The van der Waals surface area contributed by atoms with Gasteiger partial charge in [-0.05, 0) is 18.5 Å². The van der Waals surface area contributed by atoms with Gasteiger partial charge in [-0.15, -0.1) is 0 Å². The normalized spacial score (nSPS) is 11.2. The van der Waals surface area contributed by atoms with E-state index in [0.29, 0.717) is 12.5 Å². The summed E-state index contributed by atoms with van der Waals surface area (Å²) in [5.41, 5.74) is 1.22. The standard InChI is InChI=1S/C11H21N3O/c1-10(2)8-12-9-11-4-5-13-14(11)6-7-15-3/h4-5,10,12H,6-9H2,1-3H3. The van der Waals surface area contributed by atoms with Gasteiger partial charge in [0.05, 0.1) is 18.8 Å². The van der Waals surface area contributed by atoms with E-state index in [9.17, 15) is 0 Å². The molecule has 1 aromatic heterocycles. The summed E-state index contributed by atoms with van der Waals surface area (Å²) in [4.78, 5) is 0. The van der Waals surface area contributed by atoms with Crippen molar-refractivity contribution < 1.29 is 4.74 Å². The molecule has 0 radical (unpaired) electrons. The van der Waals surface area contributed by atoms with Gasteiger partial charge in [0.25, 0.3) is 0 Å². The van der Waals surface area contributed by atoms with Crippen LogP contribution >= 0.6 is 0 Å². The Bertz CT molecular complexity index is 271. The zero-order valence-electron chi connectivity index (χ0n) is 9.86. The number of nitrogens with zero attached hydrogens (tertiary/aromatic N) is 2. The number of hydrogen-bond acceptors (Lipinski definition) is 3. The lowest BCUT2D eigenvalue weighted by molar-refractivity contribution is 0.182. The summed E-state index contributed by atoms with van der Waals surface area (Å²) in [6, 6.07) is 2.04. The number of aromatic nitrogens is 2. The molecule has 0 spiro atoms. The molecule has 86 valence electrons. The zero-order chi connectivity index (χ0) is 11.1. The van der Waals surface area contributed by atoms with Crippen molar-refractivity contribution in [3.8, 4) is 0 Å². The molecule has 0 aliphatic carbocycles. The van der Waals surface area contributed by atoms with Gasteiger partial charge in [-0.1, -0.05) is 13.8 Å². The maximum Gasteiger partial charge on any atom is 0.0658 e. The summed E-state index contributed by atoms with van der Waals surface area (Å²) in [5, 5.41) is 7.65. The summed E-state index contributed by atoms with van der Waals surface area (Å²) in [5.74, 6) is 0.681. The first-order valence-electron chi connectivity index (χ1n) is 5.44. The van der Waals surface area contributed by atoms with E-state index in [1.807, 2.05) is 16.9 Å². The van der Waals surface area contributed by atoms with Crippen molar-refractivity contribution >= 4 is 0 Å². The number of nitrogens with one attached hydrogen (secondary N) is 1. The second kappa shape index (κ2) is 6.58. The molecule has 15 heavy (non-hydrogen) atoms. The summed E-state index contributed by atoms with van der Waals surface area (Å²) >= 11 is 0. The fraction of sp³-hybridized carbons (Fsp3) is 0.727. The molecular formula is C11H21N3O. The van der Waals surface area contributed by atoms with Crippen molar-refractivity contribution in [2.75, 3.05) is 20.3 Å². The maximum atomic E-state index is 5.03. The summed E-state index contributed by atoms with van der Waals surface area (Å²) < 4.78 is 7.01. The van der Waals surface area contributed by atoms with Crippen molar-refractivity contribution in [3.63, 3.8) is 0 Å². The van der Waals surface area contributed by atoms with Gasteiger partial charge in [0.2, 0.25) is 0 Å². The molecule has 0 amide bonds. The van der Waals surface area contributed by atoms with Crippen LogP contribution in [-0.2, 0) is 17.8 Å². The molecule has 0 bridgehead atoms. The Hall–Kier alpha value is -0.870. The van der Waals surface area contributed by atoms with Gasteiger partial charge in [0.1, 0.15) is 0 Å². The molecule has 0 atom stereocenters. The van der Waals surface area contributed by atoms with E-state index in [0.717, 1.165) is 19.6 Å². The lowest BCUT2D eigenvalue weighted by atomic mass is 10.2. The predicted molar refractivity (Wildman–Crippen MR) is 60.6 cm³/mol. The predicted octanol–water partition coefficient (Wildman–Crippen LogP) is 1.28. The molecule has 4 heteroatoms. The van der Waals surface area contributed by atoms with Crippen LogP contribution in [0, 0.1) is 5.92 Å². The Kier molecular flexibility index (Phi) is 5.36. The molecule has 0 fully saturated rings. The Morgan fingerprint density at radius 1 is 1.53 bits per heavy atom. The Labute approximate surface area is 91.6 Å². The van der Waals surface area contributed by atoms with Crippen molar-refractivity contribution in [2.45, 2.75) is 26.9 Å². The molecule has 0 aliphatic rings. The van der Waals surface area contributed by atoms with Crippen LogP contribution in [0.5, 0.6) is 0 Å². The van der Waals surface area contributed by atoms with E-state index in [1.54, 1.807) is 7.11 Å². The molecule has 0 aromatic carbocycles. The molecule has 1 rings (SSSR count). The van der Waals surface area contributed by atoms with Gasteiger partial charge < -0.3 is 10.1 Å². The highest BCUT2D eigenvalue weighted by atomic mass is 16.5. The summed E-state index contributed by atoms with van der Waals surface area (Å²) in [7, 11) is 1.71. The lowest BCUT2D eigenvalue weighted by Crippen LogP contribution is -2.21. The van der Waals surface area contributed by atoms with E-state index in [2.05, 4.69) is 24.3 Å². The molecule has 0 saturated heterocycles. The van der Waals surface area contributed by atoms with Gasteiger partial charge >= 0.3 is 0 Å². The average Bonchev–Trinajstić information content (AvgIpc) is 2.62. The third-order valence-electron chi connectivity index (χ3n) is 2.17. The molecule has 0 saturated carbocycles. The summed E-state index contributed by atoms with van der Waals surface area (Å²) in [6.07, 6.45) is 1.84. The minimum absolute atomic E-state index is 0.681. The lowest BCUT2D eigenvalue weighted by Gasteiger charge is -2.09. The van der Waals surface area contributed by atoms with Crippen LogP contribution in [0.1, 0.15) is 19.5 Å². The Balaban J connectivity index is 2.35. The molecule has 0 aliphatic heterocycles. The molecule has 1 aromatic rings. The van der Waals surface area contributed by atoms with E-state index < -0.39 is 0 Å². The highest BCUT2D eigenvalue weighted by Gasteiger charge is 2.01. The van der Waals surface area contributed by atoms with Crippen LogP contribution in [0.3, 0.4) is 0 Å².